The first-order chi connectivity index (χ1) is 19.3. The van der Waals surface area contributed by atoms with Crippen LogP contribution >= 0.6 is 19.0 Å². The number of thioether (sulfide) groups is 1. The van der Waals surface area contributed by atoms with Gasteiger partial charge in [-0.25, -0.2) is 0 Å². The molecule has 0 spiro atoms. The molecule has 208 valence electrons. The fourth-order valence-electron chi connectivity index (χ4n) is 4.96. The molecule has 3 amide bonds. The number of hydrogen-bond donors (Lipinski definition) is 3. The minimum Gasteiger partial charge on any atom is -0.480 e. The van der Waals surface area contributed by atoms with E-state index >= 15 is 0 Å². The Balaban J connectivity index is 1.47. The zero-order chi connectivity index (χ0) is 28.5. The number of carbonyl (C=O) groups excluding carboxylic acids is 3. The van der Waals surface area contributed by atoms with Crippen molar-refractivity contribution < 1.29 is 24.3 Å². The van der Waals surface area contributed by atoms with Crippen LogP contribution in [0, 0.1) is 0 Å². The number of nitrogens with zero attached hydrogens (tertiary/aromatic N) is 1. The van der Waals surface area contributed by atoms with E-state index in [9.17, 15) is 19.2 Å². The number of carbonyl (C=O) groups is 4. The molecule has 4 rings (SSSR count). The molecule has 0 saturated carbocycles. The van der Waals surface area contributed by atoms with Crippen LogP contribution in [0.3, 0.4) is 0 Å². The van der Waals surface area contributed by atoms with Crippen LogP contribution in [0.2, 0.25) is 0 Å². The van der Waals surface area contributed by atoms with Crippen molar-refractivity contribution in [1.82, 2.24) is 10.2 Å². The molecule has 3 aromatic rings. The summed E-state index contributed by atoms with van der Waals surface area (Å²) in [6.07, 6.45) is 1.48. The molecule has 4 N–H and O–H groups in total. The van der Waals surface area contributed by atoms with Crippen LogP contribution in [0.5, 0.6) is 0 Å². The van der Waals surface area contributed by atoms with E-state index in [-0.39, 0.29) is 24.0 Å². The lowest BCUT2D eigenvalue weighted by atomic mass is 10.3. The highest BCUT2D eigenvalue weighted by molar-refractivity contribution is 8.00. The predicted molar refractivity (Wildman–Crippen MR) is 161 cm³/mol. The Morgan fingerprint density at radius 3 is 1.90 bits per heavy atom. The van der Waals surface area contributed by atoms with Gasteiger partial charge in [-0.3, -0.25) is 24.1 Å². The molecule has 1 heterocycles. The number of rotatable bonds is 13. The van der Waals surface area contributed by atoms with Gasteiger partial charge in [0.15, 0.2) is 0 Å². The number of hydrogen-bond acceptors (Lipinski definition) is 6. The lowest BCUT2D eigenvalue weighted by Crippen LogP contribution is -2.44. The van der Waals surface area contributed by atoms with Gasteiger partial charge in [0.05, 0.1) is 17.5 Å². The summed E-state index contributed by atoms with van der Waals surface area (Å²) in [5.41, 5.74) is 5.86. The maximum absolute atomic E-state index is 13.2. The standard InChI is InChI=1S/C30H32N3O5PS/c31-25(29(37)32-20-28(35)36)21-40-26-19-27(34)33(30(26)38)17-10-18-39(22-11-4-1-5-12-22,23-13-6-2-7-14-23)24-15-8-3-9-16-24/h1-9,11-16,25-26H,10,17-21,31H2,(H-,32,35,36,37)/p+1. The third-order valence-corrected chi connectivity index (χ3v) is 12.7. The normalized spacial score (nSPS) is 16.1. The summed E-state index contributed by atoms with van der Waals surface area (Å²) in [5.74, 6) is -2.16. The number of carboxylic acids is 1. The van der Waals surface area contributed by atoms with Gasteiger partial charge in [0.25, 0.3) is 0 Å². The molecule has 1 fully saturated rings. The molecule has 0 radical (unpaired) electrons. The van der Waals surface area contributed by atoms with Crippen molar-refractivity contribution in [2.45, 2.75) is 24.1 Å². The van der Waals surface area contributed by atoms with Gasteiger partial charge in [0, 0.05) is 25.1 Å². The van der Waals surface area contributed by atoms with Crippen LogP contribution in [0.1, 0.15) is 12.8 Å². The van der Waals surface area contributed by atoms with E-state index in [1.807, 2.05) is 18.2 Å². The Labute approximate surface area is 238 Å². The van der Waals surface area contributed by atoms with E-state index in [0.29, 0.717) is 13.0 Å². The van der Waals surface area contributed by atoms with Crippen molar-refractivity contribution >= 4 is 58.6 Å². The first-order valence-corrected chi connectivity index (χ1v) is 16.1. The number of likely N-dealkylation sites (tertiary alicyclic amines) is 1. The zero-order valence-electron chi connectivity index (χ0n) is 22.0. The molecular formula is C30H33N3O5PS+. The minimum absolute atomic E-state index is 0.0588. The Morgan fingerprint density at radius 2 is 1.43 bits per heavy atom. The summed E-state index contributed by atoms with van der Waals surface area (Å²) in [6.45, 7) is -0.209. The summed E-state index contributed by atoms with van der Waals surface area (Å²) < 4.78 is 0. The number of amides is 3. The maximum atomic E-state index is 13.2. The molecule has 1 aliphatic heterocycles. The molecule has 8 nitrogen and oxygen atoms in total. The van der Waals surface area contributed by atoms with E-state index in [1.165, 1.54) is 20.8 Å². The predicted octanol–water partition coefficient (Wildman–Crippen LogP) is 1.76. The SMILES string of the molecule is NC(CSC1CC(=O)N(CCC[P+](c2ccccc2)(c2ccccc2)c2ccccc2)C1=O)C(=O)NCC(=O)O. The number of aliphatic carboxylic acids is 1. The molecule has 0 aromatic heterocycles. The number of imide groups is 1. The maximum Gasteiger partial charge on any atom is 0.322 e. The third-order valence-electron chi connectivity index (χ3n) is 6.90. The average molecular weight is 579 g/mol. The van der Waals surface area contributed by atoms with Gasteiger partial charge < -0.3 is 16.2 Å². The van der Waals surface area contributed by atoms with E-state index in [1.54, 1.807) is 0 Å². The highest BCUT2D eigenvalue weighted by Gasteiger charge is 2.46. The second-order valence-corrected chi connectivity index (χ2v) is 14.4. The van der Waals surface area contributed by atoms with Crippen LogP contribution in [-0.4, -0.2) is 70.0 Å². The van der Waals surface area contributed by atoms with E-state index in [0.717, 1.165) is 17.9 Å². The first-order valence-electron chi connectivity index (χ1n) is 13.1. The first kappa shape index (κ1) is 29.5. The second kappa shape index (κ2) is 13.7. The van der Waals surface area contributed by atoms with Gasteiger partial charge in [0.1, 0.15) is 29.7 Å². The van der Waals surface area contributed by atoms with Gasteiger partial charge >= 0.3 is 5.97 Å². The van der Waals surface area contributed by atoms with E-state index in [2.05, 4.69) is 78.1 Å². The summed E-state index contributed by atoms with van der Waals surface area (Å²) in [7, 11) is -2.07. The van der Waals surface area contributed by atoms with Crippen LogP contribution in [0.25, 0.3) is 0 Å². The van der Waals surface area contributed by atoms with Gasteiger partial charge in [-0.15, -0.1) is 11.8 Å². The molecule has 1 aliphatic rings. The molecule has 2 atom stereocenters. The van der Waals surface area contributed by atoms with Crippen LogP contribution in [-0.2, 0) is 19.2 Å². The van der Waals surface area contributed by atoms with Crippen molar-refractivity contribution in [2.75, 3.05) is 25.0 Å². The fraction of sp³-hybridized carbons (Fsp3) is 0.267. The molecule has 1 saturated heterocycles. The zero-order valence-corrected chi connectivity index (χ0v) is 23.7. The lowest BCUT2D eigenvalue weighted by Gasteiger charge is -2.28. The Hall–Kier alpha value is -3.52. The highest BCUT2D eigenvalue weighted by atomic mass is 32.2. The number of nitrogens with two attached hydrogens (primary N) is 1. The quantitative estimate of drug-likeness (QED) is 0.208. The van der Waals surface area contributed by atoms with Crippen molar-refractivity contribution in [1.29, 1.82) is 0 Å². The molecular weight excluding hydrogens is 545 g/mol. The summed E-state index contributed by atoms with van der Waals surface area (Å²) in [4.78, 5) is 50.0. The summed E-state index contributed by atoms with van der Waals surface area (Å²) in [6, 6.07) is 30.4. The molecule has 40 heavy (non-hydrogen) atoms. The lowest BCUT2D eigenvalue weighted by molar-refractivity contribution is -0.138. The molecule has 3 aromatic carbocycles. The van der Waals surface area contributed by atoms with Gasteiger partial charge in [-0.2, -0.15) is 0 Å². The number of benzene rings is 3. The van der Waals surface area contributed by atoms with Gasteiger partial charge in [-0.05, 0) is 36.4 Å². The third kappa shape index (κ3) is 6.78. The monoisotopic (exact) mass is 578 g/mol. The summed E-state index contributed by atoms with van der Waals surface area (Å²) >= 11 is 1.16. The van der Waals surface area contributed by atoms with Gasteiger partial charge in [-0.1, -0.05) is 54.6 Å². The Kier molecular flexibility index (Phi) is 10.1. The van der Waals surface area contributed by atoms with Crippen molar-refractivity contribution in [3.05, 3.63) is 91.0 Å². The van der Waals surface area contributed by atoms with Crippen molar-refractivity contribution in [3.8, 4) is 0 Å². The van der Waals surface area contributed by atoms with Crippen LogP contribution in [0.15, 0.2) is 91.0 Å². The van der Waals surface area contributed by atoms with Crippen LogP contribution in [0.4, 0.5) is 0 Å². The topological polar surface area (TPSA) is 130 Å². The van der Waals surface area contributed by atoms with Crippen molar-refractivity contribution in [3.63, 3.8) is 0 Å². The van der Waals surface area contributed by atoms with Gasteiger partial charge in [0.2, 0.25) is 17.7 Å². The van der Waals surface area contributed by atoms with E-state index < -0.39 is 37.0 Å². The summed E-state index contributed by atoms with van der Waals surface area (Å²) in [5, 5.41) is 14.1. The highest BCUT2D eigenvalue weighted by Crippen LogP contribution is 2.55. The molecule has 0 bridgehead atoms. The van der Waals surface area contributed by atoms with E-state index in [4.69, 9.17) is 10.8 Å². The second-order valence-electron chi connectivity index (χ2n) is 9.52. The molecule has 0 aliphatic carbocycles. The Morgan fingerprint density at radius 1 is 0.925 bits per heavy atom. The Bertz CT molecular complexity index is 1230. The smallest absolute Gasteiger partial charge is 0.322 e. The minimum atomic E-state index is -2.07. The number of nitrogens with one attached hydrogen (secondary N) is 1. The fourth-order valence-corrected chi connectivity index (χ4v) is 10.4. The number of carboxylic acid groups (broad SMARTS) is 1. The molecule has 10 heteroatoms. The van der Waals surface area contributed by atoms with Crippen molar-refractivity contribution in [2.24, 2.45) is 5.73 Å². The largest absolute Gasteiger partial charge is 0.480 e. The molecule has 2 unspecified atom stereocenters. The average Bonchev–Trinajstić information content (AvgIpc) is 3.25. The van der Waals surface area contributed by atoms with Crippen LogP contribution < -0.4 is 27.0 Å².